The fraction of sp³-hybridized carbons (Fsp3) is 0.353. The van der Waals surface area contributed by atoms with Gasteiger partial charge < -0.3 is 9.64 Å². The zero-order valence-electron chi connectivity index (χ0n) is 22.4. The van der Waals surface area contributed by atoms with Crippen molar-refractivity contribution in [1.82, 2.24) is 4.90 Å². The summed E-state index contributed by atoms with van der Waals surface area (Å²) in [5.41, 5.74) is 6.64. The van der Waals surface area contributed by atoms with Crippen LogP contribution in [0.15, 0.2) is 84.4 Å². The Morgan fingerprint density at radius 3 is 2.26 bits per heavy atom. The van der Waals surface area contributed by atoms with Crippen LogP contribution in [0.5, 0.6) is 0 Å². The molecule has 2 heterocycles. The number of rotatable bonds is 3. The van der Waals surface area contributed by atoms with Crippen LogP contribution in [-0.4, -0.2) is 29.9 Å². The van der Waals surface area contributed by atoms with E-state index in [1.807, 2.05) is 29.2 Å². The molecule has 1 amide bonds. The maximum absolute atomic E-state index is 14.3. The van der Waals surface area contributed by atoms with Crippen molar-refractivity contribution < 1.29 is 14.3 Å². The number of likely N-dealkylation sites (tertiary alicyclic amines) is 1. The molecule has 3 atom stereocenters. The zero-order valence-corrected chi connectivity index (χ0v) is 22.4. The molecule has 1 unspecified atom stereocenters. The number of hydrogen-bond acceptors (Lipinski definition) is 3. The zero-order chi connectivity index (χ0) is 26.4. The van der Waals surface area contributed by atoms with Gasteiger partial charge in [0, 0.05) is 36.1 Å². The Labute approximate surface area is 225 Å². The van der Waals surface area contributed by atoms with Gasteiger partial charge in [0.25, 0.3) is 5.91 Å². The van der Waals surface area contributed by atoms with Gasteiger partial charge in [0.05, 0.1) is 5.56 Å². The number of amides is 1. The molecule has 1 spiro atoms. The van der Waals surface area contributed by atoms with Gasteiger partial charge in [-0.15, -0.1) is 0 Å². The topological polar surface area (TPSA) is 46.6 Å². The standard InChI is InChI=1S/C34H35NO3/c1-22-17-18-26(19-25-11-5-4-6-12-25)27-13-7-8-14-28(27)31(22)32(36)35-20-23(2)34(24(3)21-35)30-16-10-9-15-29(30)33(37)38-34/h4-16,23-24,26H,17-21H2,1-3H3/t23-,24-,26?/m0/s1. The van der Waals surface area contributed by atoms with E-state index in [1.165, 1.54) is 11.1 Å². The number of carbonyl (C=O) groups excluding carboxylic acids is 2. The minimum atomic E-state index is -0.685. The van der Waals surface area contributed by atoms with Crippen molar-refractivity contribution in [3.63, 3.8) is 0 Å². The van der Waals surface area contributed by atoms with Crippen molar-refractivity contribution >= 4 is 17.4 Å². The highest BCUT2D eigenvalue weighted by Crippen LogP contribution is 2.50. The van der Waals surface area contributed by atoms with Crippen molar-refractivity contribution in [1.29, 1.82) is 0 Å². The summed E-state index contributed by atoms with van der Waals surface area (Å²) in [6.07, 6.45) is 2.90. The summed E-state index contributed by atoms with van der Waals surface area (Å²) in [7, 11) is 0. The molecule has 4 nitrogen and oxygen atoms in total. The summed E-state index contributed by atoms with van der Waals surface area (Å²) >= 11 is 0. The number of fused-ring (bicyclic) bond motifs is 3. The minimum Gasteiger partial charge on any atom is -0.450 e. The number of hydrogen-bond donors (Lipinski definition) is 0. The molecule has 3 aromatic carbocycles. The highest BCUT2D eigenvalue weighted by atomic mass is 16.6. The molecule has 0 saturated carbocycles. The van der Waals surface area contributed by atoms with Crippen molar-refractivity contribution in [2.75, 3.05) is 13.1 Å². The number of carbonyl (C=O) groups is 2. The fourth-order valence-corrected chi connectivity index (χ4v) is 7.20. The summed E-state index contributed by atoms with van der Waals surface area (Å²) in [6, 6.07) is 26.9. The molecular formula is C34H35NO3. The van der Waals surface area contributed by atoms with E-state index in [0.29, 0.717) is 24.6 Å². The molecule has 4 heteroatoms. The number of benzene rings is 3. The van der Waals surface area contributed by atoms with Crippen molar-refractivity contribution in [3.05, 3.63) is 112 Å². The second kappa shape index (κ2) is 9.58. The summed E-state index contributed by atoms with van der Waals surface area (Å²) in [6.45, 7) is 7.46. The first-order valence-corrected chi connectivity index (χ1v) is 13.8. The van der Waals surface area contributed by atoms with Crippen LogP contribution in [0.1, 0.15) is 72.1 Å². The Hall–Kier alpha value is -3.66. The van der Waals surface area contributed by atoms with Gasteiger partial charge in [0.1, 0.15) is 5.60 Å². The number of piperidine rings is 1. The lowest BCUT2D eigenvalue weighted by Gasteiger charge is -2.48. The van der Waals surface area contributed by atoms with E-state index in [-0.39, 0.29) is 23.7 Å². The Kier molecular flexibility index (Phi) is 6.22. The van der Waals surface area contributed by atoms with E-state index >= 15 is 0 Å². The van der Waals surface area contributed by atoms with Crippen LogP contribution in [0, 0.1) is 11.8 Å². The quantitative estimate of drug-likeness (QED) is 0.370. The van der Waals surface area contributed by atoms with Crippen LogP contribution in [-0.2, 0) is 21.6 Å². The van der Waals surface area contributed by atoms with E-state index in [4.69, 9.17) is 4.74 Å². The third kappa shape index (κ3) is 3.89. The Bertz CT molecular complexity index is 1410. The Morgan fingerprint density at radius 2 is 1.53 bits per heavy atom. The van der Waals surface area contributed by atoms with Gasteiger partial charge in [-0.1, -0.05) is 92.2 Å². The fourth-order valence-electron chi connectivity index (χ4n) is 7.20. The highest BCUT2D eigenvalue weighted by molar-refractivity contribution is 6.21. The molecule has 3 aliphatic rings. The van der Waals surface area contributed by atoms with Gasteiger partial charge in [-0.25, -0.2) is 4.79 Å². The lowest BCUT2D eigenvalue weighted by molar-refractivity contribution is -0.142. The average Bonchev–Trinajstić information content (AvgIpc) is 3.16. The molecule has 194 valence electrons. The van der Waals surface area contributed by atoms with E-state index in [9.17, 15) is 9.59 Å². The van der Waals surface area contributed by atoms with E-state index in [2.05, 4.69) is 75.4 Å². The lowest BCUT2D eigenvalue weighted by Crippen LogP contribution is -2.56. The van der Waals surface area contributed by atoms with Gasteiger partial charge in [-0.3, -0.25) is 4.79 Å². The van der Waals surface area contributed by atoms with Crippen LogP contribution in [0.25, 0.3) is 5.57 Å². The van der Waals surface area contributed by atoms with Crippen molar-refractivity contribution in [2.45, 2.75) is 51.6 Å². The number of nitrogens with zero attached hydrogens (tertiary/aromatic N) is 1. The van der Waals surface area contributed by atoms with Gasteiger partial charge in [-0.05, 0) is 54.9 Å². The van der Waals surface area contributed by atoms with Crippen molar-refractivity contribution in [2.24, 2.45) is 11.8 Å². The van der Waals surface area contributed by atoms with Gasteiger partial charge in [0.2, 0.25) is 0 Å². The molecule has 1 saturated heterocycles. The van der Waals surface area contributed by atoms with Gasteiger partial charge in [-0.2, -0.15) is 0 Å². The maximum Gasteiger partial charge on any atom is 0.339 e. The van der Waals surface area contributed by atoms with Crippen LogP contribution < -0.4 is 0 Å². The first kappa shape index (κ1) is 24.7. The van der Waals surface area contributed by atoms with Crippen molar-refractivity contribution in [3.8, 4) is 0 Å². The smallest absolute Gasteiger partial charge is 0.339 e. The monoisotopic (exact) mass is 505 g/mol. The van der Waals surface area contributed by atoms with Crippen LogP contribution in [0.2, 0.25) is 0 Å². The maximum atomic E-state index is 14.3. The second-order valence-corrected chi connectivity index (χ2v) is 11.4. The molecule has 2 aliphatic heterocycles. The minimum absolute atomic E-state index is 0.0180. The van der Waals surface area contributed by atoms with E-state index < -0.39 is 5.60 Å². The second-order valence-electron chi connectivity index (χ2n) is 11.4. The SMILES string of the molecule is CC1=C(C(=O)N2C[C@H](C)C3(OC(=O)c4ccccc43)[C@@H](C)C2)c2ccccc2C(Cc2ccccc2)CC1. The first-order chi connectivity index (χ1) is 18.4. The third-order valence-corrected chi connectivity index (χ3v) is 9.07. The molecule has 38 heavy (non-hydrogen) atoms. The van der Waals surface area contributed by atoms with E-state index in [0.717, 1.165) is 41.5 Å². The van der Waals surface area contributed by atoms with Gasteiger partial charge in [0.15, 0.2) is 0 Å². The number of allylic oxidation sites excluding steroid dienone is 1. The van der Waals surface area contributed by atoms with Crippen LogP contribution >= 0.6 is 0 Å². The summed E-state index contributed by atoms with van der Waals surface area (Å²) in [5.74, 6) is 0.179. The Morgan fingerprint density at radius 1 is 0.895 bits per heavy atom. The molecule has 1 aliphatic carbocycles. The number of esters is 1. The Balaban J connectivity index is 1.31. The summed E-state index contributed by atoms with van der Waals surface area (Å²) < 4.78 is 6.14. The highest BCUT2D eigenvalue weighted by Gasteiger charge is 2.56. The normalized spacial score (nSPS) is 24.0. The van der Waals surface area contributed by atoms with E-state index in [1.54, 1.807) is 0 Å². The molecule has 0 aromatic heterocycles. The molecule has 1 fully saturated rings. The molecule has 0 bridgehead atoms. The summed E-state index contributed by atoms with van der Waals surface area (Å²) in [4.78, 5) is 29.1. The average molecular weight is 506 g/mol. The van der Waals surface area contributed by atoms with Crippen LogP contribution in [0.4, 0.5) is 0 Å². The van der Waals surface area contributed by atoms with Gasteiger partial charge >= 0.3 is 5.97 Å². The molecule has 0 N–H and O–H groups in total. The summed E-state index contributed by atoms with van der Waals surface area (Å²) in [5, 5.41) is 0. The first-order valence-electron chi connectivity index (χ1n) is 13.8. The predicted octanol–water partition coefficient (Wildman–Crippen LogP) is 6.76. The van der Waals surface area contributed by atoms with Crippen LogP contribution in [0.3, 0.4) is 0 Å². The molecule has 3 aromatic rings. The third-order valence-electron chi connectivity index (χ3n) is 9.07. The molecular weight excluding hydrogens is 470 g/mol. The largest absolute Gasteiger partial charge is 0.450 e. The number of ether oxygens (including phenoxy) is 1. The lowest BCUT2D eigenvalue weighted by atomic mass is 9.70. The molecule has 6 rings (SSSR count). The predicted molar refractivity (Wildman–Crippen MR) is 150 cm³/mol. The molecule has 0 radical (unpaired) electrons.